The van der Waals surface area contributed by atoms with Gasteiger partial charge in [-0.1, -0.05) is 41.9 Å². The van der Waals surface area contributed by atoms with Gasteiger partial charge in [-0.15, -0.1) is 0 Å². The minimum atomic E-state index is -1.65. The number of hydrogen-bond donors (Lipinski definition) is 2. The second-order valence-corrected chi connectivity index (χ2v) is 2.77. The summed E-state index contributed by atoms with van der Waals surface area (Å²) in [7, 11) is -1.65. The van der Waals surface area contributed by atoms with Gasteiger partial charge in [-0.3, -0.25) is 0 Å². The fourth-order valence-corrected chi connectivity index (χ4v) is 0.966. The molecule has 66 valence electrons. The lowest BCUT2D eigenvalue weighted by atomic mass is 9.79. The van der Waals surface area contributed by atoms with Gasteiger partial charge >= 0.3 is 7.12 Å². The summed E-state index contributed by atoms with van der Waals surface area (Å²) in [4.78, 5) is 0. The van der Waals surface area contributed by atoms with Crippen LogP contribution in [-0.4, -0.2) is 17.2 Å². The SMILES string of the molecule is C=C/C(B(O)O)=C(Cl)\C(Cl)=C/C. The lowest BCUT2D eigenvalue weighted by Crippen LogP contribution is -2.15. The van der Waals surface area contributed by atoms with Crippen LogP contribution in [0.15, 0.2) is 34.3 Å². The average molecular weight is 207 g/mol. The number of allylic oxidation sites excluding steroid dienone is 5. The van der Waals surface area contributed by atoms with Gasteiger partial charge in [-0.25, -0.2) is 0 Å². The summed E-state index contributed by atoms with van der Waals surface area (Å²) in [6, 6.07) is 0. The van der Waals surface area contributed by atoms with Crippen LogP contribution in [-0.2, 0) is 0 Å². The Bertz CT molecular complexity index is 234. The summed E-state index contributed by atoms with van der Waals surface area (Å²) in [6.45, 7) is 5.06. The zero-order valence-electron chi connectivity index (χ0n) is 6.59. The minimum Gasteiger partial charge on any atom is -0.423 e. The minimum absolute atomic E-state index is 0.0970. The van der Waals surface area contributed by atoms with E-state index in [4.69, 9.17) is 33.2 Å². The summed E-state index contributed by atoms with van der Waals surface area (Å²) in [5.74, 6) is 0. The van der Waals surface area contributed by atoms with E-state index in [2.05, 4.69) is 6.58 Å². The van der Waals surface area contributed by atoms with Gasteiger partial charge in [0.2, 0.25) is 0 Å². The van der Waals surface area contributed by atoms with Gasteiger partial charge in [0.1, 0.15) is 0 Å². The van der Waals surface area contributed by atoms with Gasteiger partial charge in [0.25, 0.3) is 0 Å². The largest absolute Gasteiger partial charge is 0.489 e. The van der Waals surface area contributed by atoms with Crippen molar-refractivity contribution in [1.29, 1.82) is 0 Å². The van der Waals surface area contributed by atoms with Crippen LogP contribution in [0.1, 0.15) is 6.92 Å². The predicted octanol–water partition coefficient (Wildman–Crippen LogP) is 1.82. The van der Waals surface area contributed by atoms with Crippen LogP contribution in [0.5, 0.6) is 0 Å². The average Bonchev–Trinajstić information content (AvgIpc) is 2.03. The summed E-state index contributed by atoms with van der Waals surface area (Å²) in [5, 5.41) is 17.9. The fraction of sp³-hybridized carbons (Fsp3) is 0.143. The summed E-state index contributed by atoms with van der Waals surface area (Å²) < 4.78 is 0. The Kier molecular flexibility index (Phi) is 5.34. The Labute approximate surface area is 81.9 Å². The second kappa shape index (κ2) is 5.43. The van der Waals surface area contributed by atoms with Crippen molar-refractivity contribution in [1.82, 2.24) is 0 Å². The molecule has 12 heavy (non-hydrogen) atoms. The molecule has 0 aromatic carbocycles. The monoisotopic (exact) mass is 206 g/mol. The molecule has 0 saturated carbocycles. The van der Waals surface area contributed by atoms with Crippen molar-refractivity contribution in [2.45, 2.75) is 6.92 Å². The molecule has 0 rings (SSSR count). The van der Waals surface area contributed by atoms with Gasteiger partial charge in [0.15, 0.2) is 0 Å². The third kappa shape index (κ3) is 3.03. The molecule has 0 aliphatic heterocycles. The molecular formula is C7H9BCl2O2. The predicted molar refractivity (Wildman–Crippen MR) is 52.9 cm³/mol. The molecule has 0 aromatic rings. The van der Waals surface area contributed by atoms with Crippen molar-refractivity contribution in [3.8, 4) is 0 Å². The quantitative estimate of drug-likeness (QED) is 0.547. The second-order valence-electron chi connectivity index (χ2n) is 1.98. The fourth-order valence-electron chi connectivity index (χ4n) is 0.573. The van der Waals surface area contributed by atoms with E-state index in [1.54, 1.807) is 13.0 Å². The molecule has 0 radical (unpaired) electrons. The topological polar surface area (TPSA) is 40.5 Å². The molecule has 0 aliphatic carbocycles. The van der Waals surface area contributed by atoms with Gasteiger partial charge < -0.3 is 10.0 Å². The van der Waals surface area contributed by atoms with E-state index in [0.29, 0.717) is 0 Å². The highest BCUT2D eigenvalue weighted by atomic mass is 35.5. The van der Waals surface area contributed by atoms with Crippen LogP contribution in [0.25, 0.3) is 0 Å². The molecule has 0 fully saturated rings. The highest BCUT2D eigenvalue weighted by molar-refractivity contribution is 6.57. The molecular weight excluding hydrogens is 198 g/mol. The molecule has 2 N–H and O–H groups in total. The molecule has 0 spiro atoms. The number of halogens is 2. The van der Waals surface area contributed by atoms with Crippen LogP contribution >= 0.6 is 23.2 Å². The lowest BCUT2D eigenvalue weighted by molar-refractivity contribution is 0.420. The molecule has 0 aliphatic rings. The van der Waals surface area contributed by atoms with Crippen molar-refractivity contribution in [3.05, 3.63) is 34.3 Å². The first-order valence-corrected chi connectivity index (χ1v) is 4.00. The first kappa shape index (κ1) is 11.8. The number of hydrogen-bond acceptors (Lipinski definition) is 2. The molecule has 0 saturated heterocycles. The van der Waals surface area contributed by atoms with E-state index in [9.17, 15) is 0 Å². The van der Waals surface area contributed by atoms with E-state index >= 15 is 0 Å². The Hall–Kier alpha value is -0.215. The number of rotatable bonds is 3. The Morgan fingerprint density at radius 3 is 2.17 bits per heavy atom. The van der Waals surface area contributed by atoms with Crippen molar-refractivity contribution in [2.75, 3.05) is 0 Å². The zero-order valence-corrected chi connectivity index (χ0v) is 8.10. The summed E-state index contributed by atoms with van der Waals surface area (Å²) >= 11 is 11.3. The van der Waals surface area contributed by atoms with Crippen molar-refractivity contribution in [3.63, 3.8) is 0 Å². The van der Waals surface area contributed by atoms with Gasteiger partial charge in [-0.2, -0.15) is 0 Å². The molecule has 0 amide bonds. The highest BCUT2D eigenvalue weighted by Gasteiger charge is 2.16. The summed E-state index contributed by atoms with van der Waals surface area (Å²) in [6.07, 6.45) is 2.80. The lowest BCUT2D eigenvalue weighted by Gasteiger charge is -2.03. The van der Waals surface area contributed by atoms with Crippen LogP contribution in [0.2, 0.25) is 0 Å². The van der Waals surface area contributed by atoms with Crippen LogP contribution in [0.3, 0.4) is 0 Å². The van der Waals surface area contributed by atoms with E-state index in [1.807, 2.05) is 0 Å². The van der Waals surface area contributed by atoms with Gasteiger partial charge in [-0.05, 0) is 6.92 Å². The molecule has 5 heteroatoms. The maximum absolute atomic E-state index is 8.78. The normalized spacial score (nSPS) is 13.9. The zero-order chi connectivity index (χ0) is 9.72. The van der Waals surface area contributed by atoms with E-state index in [0.717, 1.165) is 0 Å². The first-order valence-electron chi connectivity index (χ1n) is 3.25. The van der Waals surface area contributed by atoms with E-state index < -0.39 is 7.12 Å². The maximum Gasteiger partial charge on any atom is 0.489 e. The van der Waals surface area contributed by atoms with Crippen molar-refractivity contribution < 1.29 is 10.0 Å². The van der Waals surface area contributed by atoms with E-state index in [-0.39, 0.29) is 15.5 Å². The standard InChI is InChI=1S/C7H9BCl2O2/c1-3-5(8(11)12)7(10)6(9)4-2/h3-4,11-12H,1H2,2H3/b6-4+,7-5-. The highest BCUT2D eigenvalue weighted by Crippen LogP contribution is 2.23. The molecule has 0 heterocycles. The third-order valence-electron chi connectivity index (χ3n) is 1.21. The Balaban J connectivity index is 4.97. The molecule has 0 bridgehead atoms. The molecule has 2 nitrogen and oxygen atoms in total. The van der Waals surface area contributed by atoms with Gasteiger partial charge in [0.05, 0.1) is 10.1 Å². The summed E-state index contributed by atoms with van der Waals surface area (Å²) in [5.41, 5.74) is 0.0970. The maximum atomic E-state index is 8.78. The van der Waals surface area contributed by atoms with Crippen LogP contribution in [0.4, 0.5) is 0 Å². The van der Waals surface area contributed by atoms with Gasteiger partial charge in [0, 0.05) is 5.47 Å². The molecule has 0 unspecified atom stereocenters. The Morgan fingerprint density at radius 2 is 1.92 bits per heavy atom. The first-order chi connectivity index (χ1) is 5.54. The molecule has 0 aromatic heterocycles. The smallest absolute Gasteiger partial charge is 0.423 e. The van der Waals surface area contributed by atoms with Crippen LogP contribution < -0.4 is 0 Å². The van der Waals surface area contributed by atoms with Crippen molar-refractivity contribution >= 4 is 30.3 Å². The van der Waals surface area contributed by atoms with Crippen molar-refractivity contribution in [2.24, 2.45) is 0 Å². The third-order valence-corrected chi connectivity index (χ3v) is 2.14. The Morgan fingerprint density at radius 1 is 1.42 bits per heavy atom. The molecule has 0 atom stereocenters. The van der Waals surface area contributed by atoms with Crippen LogP contribution in [0, 0.1) is 0 Å². The van der Waals surface area contributed by atoms with E-state index in [1.165, 1.54) is 6.08 Å².